The van der Waals surface area contributed by atoms with Gasteiger partial charge in [0, 0.05) is 62.6 Å². The summed E-state index contributed by atoms with van der Waals surface area (Å²) in [5.74, 6) is -4.22. The molecule has 3 amide bonds. The summed E-state index contributed by atoms with van der Waals surface area (Å²) >= 11 is 0. The van der Waals surface area contributed by atoms with E-state index in [1.165, 1.54) is 20.8 Å². The molecular formula is C38H39N3O15. The van der Waals surface area contributed by atoms with Crippen molar-refractivity contribution in [3.05, 3.63) is 82.9 Å². The van der Waals surface area contributed by atoms with Crippen LogP contribution in [0.3, 0.4) is 0 Å². The predicted octanol–water partition coefficient (Wildman–Crippen LogP) is 3.47. The van der Waals surface area contributed by atoms with Gasteiger partial charge in [-0.15, -0.1) is 0 Å². The lowest BCUT2D eigenvalue weighted by molar-refractivity contribution is -0.141. The first-order valence-corrected chi connectivity index (χ1v) is 17.2. The second-order valence-corrected chi connectivity index (χ2v) is 12.5. The molecule has 18 heteroatoms. The van der Waals surface area contributed by atoms with E-state index in [1.807, 2.05) is 17.4 Å². The van der Waals surface area contributed by atoms with Crippen LogP contribution in [0.15, 0.2) is 60.7 Å². The average molecular weight is 778 g/mol. The summed E-state index contributed by atoms with van der Waals surface area (Å²) in [6, 6.07) is 13.3. The number of hydrogen-bond acceptors (Lipinski definition) is 12. The minimum absolute atomic E-state index is 0.0925. The van der Waals surface area contributed by atoms with E-state index in [0.717, 1.165) is 0 Å². The molecule has 6 N–H and O–H groups in total. The van der Waals surface area contributed by atoms with Gasteiger partial charge in [0.05, 0.1) is 5.56 Å². The van der Waals surface area contributed by atoms with E-state index >= 15 is 0 Å². The van der Waals surface area contributed by atoms with Gasteiger partial charge >= 0.3 is 41.8 Å². The zero-order chi connectivity index (χ0) is 41.2. The Balaban J connectivity index is 0.000000257. The summed E-state index contributed by atoms with van der Waals surface area (Å²) < 4.78 is 22.5. The Labute approximate surface area is 319 Å². The smallest absolute Gasteiger partial charge is 0.340 e. The highest BCUT2D eigenvalue weighted by molar-refractivity contribution is 5.97. The Hall–Kier alpha value is -6.98. The number of nitrogens with one attached hydrogen (secondary N) is 3. The quantitative estimate of drug-likeness (QED) is 0.0777. The van der Waals surface area contributed by atoms with Gasteiger partial charge in [0.15, 0.2) is 5.60 Å². The number of carboxylic acids is 3. The van der Waals surface area contributed by atoms with Crippen LogP contribution in [0.4, 0.5) is 4.79 Å². The highest BCUT2D eigenvalue weighted by Gasteiger charge is 2.53. The van der Waals surface area contributed by atoms with Gasteiger partial charge in [-0.3, -0.25) is 19.2 Å². The third kappa shape index (κ3) is 10.4. The predicted molar refractivity (Wildman–Crippen MR) is 191 cm³/mol. The van der Waals surface area contributed by atoms with Crippen LogP contribution in [0.25, 0.3) is 0 Å². The average Bonchev–Trinajstić information content (AvgIpc) is 3.40. The van der Waals surface area contributed by atoms with Crippen molar-refractivity contribution in [2.24, 2.45) is 0 Å². The van der Waals surface area contributed by atoms with Crippen molar-refractivity contribution in [2.45, 2.75) is 70.6 Å². The minimum Gasteiger partial charge on any atom is -0.481 e. The van der Waals surface area contributed by atoms with E-state index in [4.69, 9.17) is 34.3 Å². The molecule has 3 aromatic carbocycles. The van der Waals surface area contributed by atoms with E-state index in [9.17, 15) is 38.4 Å². The highest BCUT2D eigenvalue weighted by atomic mass is 16.6. The van der Waals surface area contributed by atoms with Gasteiger partial charge in [0.1, 0.15) is 35.1 Å². The first-order chi connectivity index (χ1) is 26.5. The fraction of sp³-hybridized carbons (Fsp3) is 0.316. The fourth-order valence-corrected chi connectivity index (χ4v) is 5.97. The summed E-state index contributed by atoms with van der Waals surface area (Å²) in [7, 11) is 0. The first-order valence-electron chi connectivity index (χ1n) is 17.2. The van der Waals surface area contributed by atoms with Crippen LogP contribution in [0, 0.1) is 0 Å². The Morgan fingerprint density at radius 1 is 0.714 bits per heavy atom. The second kappa shape index (κ2) is 18.4. The van der Waals surface area contributed by atoms with Crippen molar-refractivity contribution in [1.29, 1.82) is 0 Å². The zero-order valence-corrected chi connectivity index (χ0v) is 30.4. The molecular weight excluding hydrogens is 738 g/mol. The second-order valence-electron chi connectivity index (χ2n) is 12.5. The number of fused-ring (bicyclic) bond motifs is 6. The number of amides is 3. The molecule has 5 rings (SSSR count). The van der Waals surface area contributed by atoms with Crippen LogP contribution in [0.5, 0.6) is 23.0 Å². The largest absolute Gasteiger partial charge is 0.481 e. The summed E-state index contributed by atoms with van der Waals surface area (Å²) in [5, 5.41) is 33.3. The molecule has 56 heavy (non-hydrogen) atoms. The van der Waals surface area contributed by atoms with Gasteiger partial charge in [-0.25, -0.2) is 19.2 Å². The molecule has 0 fully saturated rings. The third-order valence-electron chi connectivity index (χ3n) is 8.33. The number of carboxylic acid groups (broad SMARTS) is 3. The van der Waals surface area contributed by atoms with Gasteiger partial charge in [-0.05, 0) is 56.0 Å². The molecule has 2 atom stereocenters. The molecule has 0 radical (unpaired) electrons. The molecule has 2 heterocycles. The van der Waals surface area contributed by atoms with Crippen LogP contribution in [-0.4, -0.2) is 81.7 Å². The van der Waals surface area contributed by atoms with Crippen molar-refractivity contribution in [3.63, 3.8) is 0 Å². The van der Waals surface area contributed by atoms with Gasteiger partial charge < -0.3 is 50.2 Å². The molecule has 0 saturated heterocycles. The minimum atomic E-state index is -1.44. The molecule has 2 aliphatic rings. The van der Waals surface area contributed by atoms with E-state index in [2.05, 4.69) is 10.6 Å². The molecule has 2 aliphatic heterocycles. The summed E-state index contributed by atoms with van der Waals surface area (Å²) in [4.78, 5) is 90.6. The van der Waals surface area contributed by atoms with Crippen LogP contribution in [-0.2, 0) is 39.1 Å². The van der Waals surface area contributed by atoms with E-state index in [0.29, 0.717) is 64.6 Å². The SMILES string of the molecule is CC(=O)NCCCC[C@H](NC(=O)N[C@@H](CCC(=O)O)C(=O)O)C(=O)O.CC(=O)Oc1ccc2c(c1)Oc1cc(OC(C)=O)ccc1C21OC(=O)c2ccccc21. The molecule has 0 unspecified atom stereocenters. The Morgan fingerprint density at radius 2 is 1.25 bits per heavy atom. The Bertz CT molecular complexity index is 1980. The van der Waals surface area contributed by atoms with Crippen molar-refractivity contribution in [1.82, 2.24) is 16.0 Å². The molecule has 296 valence electrons. The number of rotatable bonds is 14. The van der Waals surface area contributed by atoms with Crippen molar-refractivity contribution in [2.75, 3.05) is 6.54 Å². The van der Waals surface area contributed by atoms with Crippen molar-refractivity contribution >= 4 is 47.8 Å². The standard InChI is InChI=1S/C24H16O7.C14H23N3O8/c1-13(25)28-15-7-9-19-21(11-15)30-22-12-16(29-14(2)26)8-10-20(22)24(19)18-6-4-3-5-17(18)23(27)31-24;1-8(18)15-7-3-2-4-9(12(21)22)16-14(25)17-10(13(23)24)5-6-11(19)20/h3-12H,1-2H3;9-10H,2-7H2,1H3,(H,15,18)(H,19,20)(H,21,22)(H,23,24)(H2,16,17,25)/t;9-,10-/m.0/s1. The van der Waals surface area contributed by atoms with Crippen LogP contribution in [0.2, 0.25) is 0 Å². The maximum atomic E-state index is 12.8. The topological polar surface area (TPSA) is 270 Å². The number of ether oxygens (including phenoxy) is 4. The zero-order valence-electron chi connectivity index (χ0n) is 30.4. The number of esters is 3. The maximum absolute atomic E-state index is 12.8. The van der Waals surface area contributed by atoms with Crippen LogP contribution in [0.1, 0.15) is 79.9 Å². The van der Waals surface area contributed by atoms with Crippen molar-refractivity contribution in [3.8, 4) is 23.0 Å². The summed E-state index contributed by atoms with van der Waals surface area (Å²) in [5.41, 5.74) is 1.06. The van der Waals surface area contributed by atoms with Gasteiger partial charge in [0.2, 0.25) is 5.91 Å². The van der Waals surface area contributed by atoms with Gasteiger partial charge in [0.25, 0.3) is 0 Å². The monoisotopic (exact) mass is 777 g/mol. The number of benzene rings is 3. The molecule has 0 bridgehead atoms. The number of carbonyl (C=O) groups is 8. The maximum Gasteiger partial charge on any atom is 0.340 e. The summed E-state index contributed by atoms with van der Waals surface area (Å²) in [6.07, 6.45) is 0.242. The fourth-order valence-electron chi connectivity index (χ4n) is 5.97. The first kappa shape index (κ1) is 41.8. The Kier molecular flexibility index (Phi) is 13.7. The normalized spacial score (nSPS) is 13.7. The summed E-state index contributed by atoms with van der Waals surface area (Å²) in [6.45, 7) is 4.34. The Morgan fingerprint density at radius 3 is 1.75 bits per heavy atom. The van der Waals surface area contributed by atoms with Gasteiger partial charge in [-0.1, -0.05) is 18.2 Å². The number of urea groups is 1. The lowest BCUT2D eigenvalue weighted by Crippen LogP contribution is -2.51. The van der Waals surface area contributed by atoms with E-state index in [-0.39, 0.29) is 18.7 Å². The molecule has 0 aliphatic carbocycles. The molecule has 1 spiro atoms. The van der Waals surface area contributed by atoms with E-state index < -0.39 is 66.0 Å². The van der Waals surface area contributed by atoms with Gasteiger partial charge in [-0.2, -0.15) is 0 Å². The van der Waals surface area contributed by atoms with Crippen LogP contribution < -0.4 is 30.2 Å². The van der Waals surface area contributed by atoms with Crippen LogP contribution >= 0.6 is 0 Å². The lowest BCUT2D eigenvalue weighted by atomic mass is 9.77. The molecule has 18 nitrogen and oxygen atoms in total. The number of carbonyl (C=O) groups excluding carboxylic acids is 5. The molecule has 3 aromatic rings. The molecule has 0 saturated carbocycles. The number of hydrogen-bond donors (Lipinski definition) is 6. The van der Waals surface area contributed by atoms with Crippen molar-refractivity contribution < 1.29 is 72.6 Å². The lowest BCUT2D eigenvalue weighted by Gasteiger charge is -2.36. The number of unbranched alkanes of at least 4 members (excludes halogenated alkanes) is 1. The van der Waals surface area contributed by atoms with E-state index in [1.54, 1.807) is 48.5 Å². The number of aliphatic carboxylic acids is 3. The highest BCUT2D eigenvalue weighted by Crippen LogP contribution is 2.57. The molecule has 0 aromatic heterocycles. The third-order valence-corrected chi connectivity index (χ3v) is 8.33.